The van der Waals surface area contributed by atoms with Crippen LogP contribution < -0.4 is 21.5 Å². The first-order chi connectivity index (χ1) is 13.0. The minimum Gasteiger partial charge on any atom is -0.373 e. The number of rotatable bonds is 5. The fraction of sp³-hybridized carbons (Fsp3) is 0.333. The maximum Gasteiger partial charge on any atom is 0.274 e. The molecule has 3 aromatic heterocycles. The minimum atomic E-state index is -0.193. The number of carbonyl (C=O) groups excluding carboxylic acids is 1. The van der Waals surface area contributed by atoms with Crippen molar-refractivity contribution in [2.75, 3.05) is 17.7 Å². The van der Waals surface area contributed by atoms with Gasteiger partial charge >= 0.3 is 0 Å². The van der Waals surface area contributed by atoms with Gasteiger partial charge in [-0.15, -0.1) is 0 Å². The van der Waals surface area contributed by atoms with Gasteiger partial charge in [-0.25, -0.2) is 4.98 Å². The Morgan fingerprint density at radius 1 is 1.37 bits per heavy atom. The Balaban J connectivity index is 1.73. The minimum absolute atomic E-state index is 0.167. The molecule has 1 fully saturated rings. The molecule has 3 N–H and O–H groups in total. The molecule has 0 aliphatic heterocycles. The summed E-state index contributed by atoms with van der Waals surface area (Å²) in [5, 5.41) is 13.3. The number of anilines is 3. The van der Waals surface area contributed by atoms with Gasteiger partial charge in [-0.1, -0.05) is 6.92 Å². The highest BCUT2D eigenvalue weighted by Gasteiger charge is 2.34. The molecule has 1 saturated carbocycles. The lowest BCUT2D eigenvalue weighted by Crippen LogP contribution is -2.26. The molecule has 9 heteroatoms. The first kappa shape index (κ1) is 17.1. The number of pyridine rings is 1. The summed E-state index contributed by atoms with van der Waals surface area (Å²) in [5.41, 5.74) is 1.05. The van der Waals surface area contributed by atoms with Crippen molar-refractivity contribution in [2.24, 2.45) is 13.0 Å². The van der Waals surface area contributed by atoms with E-state index in [0.29, 0.717) is 34.5 Å². The molecule has 0 aromatic carbocycles. The number of aromatic nitrogens is 4. The molecule has 0 radical (unpaired) electrons. The molecular weight excluding hydrogens is 346 g/mol. The summed E-state index contributed by atoms with van der Waals surface area (Å²) in [5.74, 6) is 1.41. The Bertz CT molecular complexity index is 1080. The standard InChI is InChI=1S/C18H21N7O2/c1-10-7-13(10)22-17(26)11-9-20-25-15(19-2)8-14(23-16(11)25)21-12-5-4-6-24(3)18(12)27/h4-6,8-10,13,19H,7H2,1-3H3,(H,21,23)(H,22,26)/t10-,13?/m0/s1. The van der Waals surface area contributed by atoms with Gasteiger partial charge in [0.1, 0.15) is 22.9 Å². The highest BCUT2D eigenvalue weighted by atomic mass is 16.2. The average Bonchev–Trinajstić information content (AvgIpc) is 3.16. The fourth-order valence-corrected chi connectivity index (χ4v) is 2.96. The number of hydrogen-bond donors (Lipinski definition) is 3. The molecule has 27 heavy (non-hydrogen) atoms. The highest BCUT2D eigenvalue weighted by molar-refractivity contribution is 6.00. The first-order valence-corrected chi connectivity index (χ1v) is 8.78. The second-order valence-electron chi connectivity index (χ2n) is 6.83. The van der Waals surface area contributed by atoms with Crippen LogP contribution in [0.5, 0.6) is 0 Å². The van der Waals surface area contributed by atoms with Crippen molar-refractivity contribution in [3.05, 3.63) is 46.5 Å². The van der Waals surface area contributed by atoms with Crippen molar-refractivity contribution < 1.29 is 4.79 Å². The van der Waals surface area contributed by atoms with E-state index in [0.717, 1.165) is 6.42 Å². The maximum atomic E-state index is 12.6. The Hall–Kier alpha value is -3.36. The summed E-state index contributed by atoms with van der Waals surface area (Å²) < 4.78 is 3.05. The largest absolute Gasteiger partial charge is 0.373 e. The van der Waals surface area contributed by atoms with Crippen LogP contribution in [-0.4, -0.2) is 38.2 Å². The number of nitrogens with zero attached hydrogens (tertiary/aromatic N) is 4. The molecule has 3 aromatic rings. The molecule has 1 unspecified atom stereocenters. The van der Waals surface area contributed by atoms with E-state index in [-0.39, 0.29) is 17.5 Å². The second-order valence-corrected chi connectivity index (χ2v) is 6.83. The van der Waals surface area contributed by atoms with Crippen LogP contribution in [0.15, 0.2) is 35.4 Å². The van der Waals surface area contributed by atoms with Crippen molar-refractivity contribution >= 4 is 28.9 Å². The van der Waals surface area contributed by atoms with E-state index >= 15 is 0 Å². The molecule has 9 nitrogen and oxygen atoms in total. The Morgan fingerprint density at radius 2 is 2.15 bits per heavy atom. The first-order valence-electron chi connectivity index (χ1n) is 8.78. The lowest BCUT2D eigenvalue weighted by Gasteiger charge is -2.10. The van der Waals surface area contributed by atoms with Crippen LogP contribution in [0, 0.1) is 5.92 Å². The molecule has 1 aliphatic carbocycles. The van der Waals surface area contributed by atoms with Crippen molar-refractivity contribution in [2.45, 2.75) is 19.4 Å². The molecule has 1 amide bonds. The van der Waals surface area contributed by atoms with Crippen LogP contribution >= 0.6 is 0 Å². The van der Waals surface area contributed by atoms with Gasteiger partial charge in [-0.2, -0.15) is 9.61 Å². The lowest BCUT2D eigenvalue weighted by atomic mass is 10.3. The third-order valence-corrected chi connectivity index (χ3v) is 4.78. The third kappa shape index (κ3) is 3.12. The normalized spacial score (nSPS) is 18.3. The predicted octanol–water partition coefficient (Wildman–Crippen LogP) is 1.35. The summed E-state index contributed by atoms with van der Waals surface area (Å²) >= 11 is 0. The Morgan fingerprint density at radius 3 is 2.85 bits per heavy atom. The quantitative estimate of drug-likeness (QED) is 0.629. The second kappa shape index (κ2) is 6.42. The molecule has 140 valence electrons. The van der Waals surface area contributed by atoms with Gasteiger partial charge < -0.3 is 20.5 Å². The summed E-state index contributed by atoms with van der Waals surface area (Å²) in [7, 11) is 3.44. The smallest absolute Gasteiger partial charge is 0.274 e. The molecule has 0 spiro atoms. The van der Waals surface area contributed by atoms with Gasteiger partial charge in [0.05, 0.1) is 6.20 Å². The van der Waals surface area contributed by atoms with Gasteiger partial charge in [0.2, 0.25) is 0 Å². The van der Waals surface area contributed by atoms with E-state index in [9.17, 15) is 9.59 Å². The zero-order valence-corrected chi connectivity index (χ0v) is 15.4. The highest BCUT2D eigenvalue weighted by Crippen LogP contribution is 2.29. The van der Waals surface area contributed by atoms with Crippen LogP contribution in [0.25, 0.3) is 5.65 Å². The van der Waals surface area contributed by atoms with Gasteiger partial charge in [-0.3, -0.25) is 9.59 Å². The molecule has 0 bridgehead atoms. The predicted molar refractivity (Wildman–Crippen MR) is 103 cm³/mol. The lowest BCUT2D eigenvalue weighted by molar-refractivity contribution is 0.0951. The zero-order chi connectivity index (χ0) is 19.1. The fourth-order valence-electron chi connectivity index (χ4n) is 2.96. The number of nitrogens with one attached hydrogen (secondary N) is 3. The van der Waals surface area contributed by atoms with Crippen LogP contribution in [0.2, 0.25) is 0 Å². The van der Waals surface area contributed by atoms with E-state index in [2.05, 4.69) is 33.0 Å². The zero-order valence-electron chi connectivity index (χ0n) is 15.4. The average molecular weight is 367 g/mol. The van der Waals surface area contributed by atoms with Crippen LogP contribution in [-0.2, 0) is 7.05 Å². The number of amides is 1. The maximum absolute atomic E-state index is 12.6. The van der Waals surface area contributed by atoms with Gasteiger partial charge in [0.15, 0.2) is 5.65 Å². The van der Waals surface area contributed by atoms with Crippen LogP contribution in [0.1, 0.15) is 23.7 Å². The monoisotopic (exact) mass is 367 g/mol. The van der Waals surface area contributed by atoms with E-state index in [1.54, 1.807) is 43.0 Å². The topological polar surface area (TPSA) is 105 Å². The van der Waals surface area contributed by atoms with Crippen molar-refractivity contribution in [3.8, 4) is 0 Å². The number of fused-ring (bicyclic) bond motifs is 1. The number of hydrogen-bond acceptors (Lipinski definition) is 6. The van der Waals surface area contributed by atoms with Crippen LogP contribution in [0.3, 0.4) is 0 Å². The van der Waals surface area contributed by atoms with Crippen molar-refractivity contribution in [1.82, 2.24) is 24.5 Å². The molecule has 2 atom stereocenters. The van der Waals surface area contributed by atoms with E-state index in [1.165, 1.54) is 10.8 Å². The third-order valence-electron chi connectivity index (χ3n) is 4.78. The molecule has 1 aliphatic rings. The summed E-state index contributed by atoms with van der Waals surface area (Å²) in [6, 6.07) is 5.41. The molecule has 4 rings (SSSR count). The van der Waals surface area contributed by atoms with Crippen molar-refractivity contribution in [1.29, 1.82) is 0 Å². The molecule has 3 heterocycles. The summed E-state index contributed by atoms with van der Waals surface area (Å²) in [4.78, 5) is 29.4. The van der Waals surface area contributed by atoms with E-state index in [1.807, 2.05) is 0 Å². The van der Waals surface area contributed by atoms with Gasteiger partial charge in [0, 0.05) is 32.4 Å². The Kier molecular flexibility index (Phi) is 4.06. The summed E-state index contributed by atoms with van der Waals surface area (Å²) in [6.45, 7) is 2.10. The van der Waals surface area contributed by atoms with E-state index in [4.69, 9.17) is 0 Å². The van der Waals surface area contributed by atoms with Gasteiger partial charge in [0.25, 0.3) is 11.5 Å². The van der Waals surface area contributed by atoms with Crippen molar-refractivity contribution in [3.63, 3.8) is 0 Å². The number of aryl methyl sites for hydroxylation is 1. The SMILES string of the molecule is CNc1cc(Nc2cccn(C)c2=O)nc2c(C(=O)NC3C[C@@H]3C)cnn12. The number of carbonyl (C=O) groups is 1. The Labute approximate surface area is 155 Å². The van der Waals surface area contributed by atoms with E-state index < -0.39 is 0 Å². The van der Waals surface area contributed by atoms with Gasteiger partial charge in [-0.05, 0) is 24.5 Å². The molecule has 0 saturated heterocycles. The summed E-state index contributed by atoms with van der Waals surface area (Å²) in [6.07, 6.45) is 4.18. The van der Waals surface area contributed by atoms with Crippen LogP contribution in [0.4, 0.5) is 17.3 Å². The molecular formula is C18H21N7O2.